The minimum absolute atomic E-state index is 0.0972. The highest BCUT2D eigenvalue weighted by atomic mass is 35.5. The number of nitrogens with zero attached hydrogens (tertiary/aromatic N) is 2. The Balaban J connectivity index is 1.50. The van der Waals surface area contributed by atoms with Gasteiger partial charge < -0.3 is 20.1 Å². The molecule has 0 spiro atoms. The summed E-state index contributed by atoms with van der Waals surface area (Å²) < 4.78 is 24.8. The molecule has 4 aromatic rings. The average molecular weight is 590 g/mol. The van der Waals surface area contributed by atoms with Crippen LogP contribution >= 0.6 is 34.8 Å². The molecule has 202 valence electrons. The number of halogens is 4. The van der Waals surface area contributed by atoms with Gasteiger partial charge in [-0.05, 0) is 48.4 Å². The molecule has 0 aliphatic carbocycles. The quantitative estimate of drug-likeness (QED) is 0.200. The van der Waals surface area contributed by atoms with Gasteiger partial charge in [0.1, 0.15) is 5.82 Å². The number of amides is 1. The Morgan fingerprint density at radius 3 is 2.28 bits per heavy atom. The van der Waals surface area contributed by atoms with E-state index in [9.17, 15) is 9.18 Å². The zero-order valence-electron chi connectivity index (χ0n) is 21.0. The third-order valence-electron chi connectivity index (χ3n) is 5.75. The van der Waals surface area contributed by atoms with Gasteiger partial charge in [0.2, 0.25) is 11.9 Å². The van der Waals surface area contributed by atoms with Gasteiger partial charge in [0.05, 0.1) is 42.2 Å². The second-order valence-corrected chi connectivity index (χ2v) is 9.55. The number of hydrogen-bond donors (Lipinski definition) is 2. The van der Waals surface area contributed by atoms with Crippen molar-refractivity contribution in [2.75, 3.05) is 32.6 Å². The van der Waals surface area contributed by atoms with Crippen LogP contribution < -0.4 is 20.1 Å². The van der Waals surface area contributed by atoms with Crippen LogP contribution in [0.15, 0.2) is 60.7 Å². The lowest BCUT2D eigenvalue weighted by Crippen LogP contribution is -2.31. The largest absolute Gasteiger partial charge is 0.493 e. The molecule has 0 radical (unpaired) electrons. The summed E-state index contributed by atoms with van der Waals surface area (Å²) >= 11 is 18.6. The zero-order valence-corrected chi connectivity index (χ0v) is 23.3. The molecule has 0 unspecified atom stereocenters. The fourth-order valence-corrected chi connectivity index (χ4v) is 4.51. The number of ether oxygens (including phenoxy) is 2. The van der Waals surface area contributed by atoms with E-state index in [4.69, 9.17) is 44.3 Å². The number of carbonyl (C=O) groups excluding carboxylic acids is 1. The minimum Gasteiger partial charge on any atom is -0.493 e. The molecule has 0 bridgehead atoms. The molecule has 0 aliphatic rings. The van der Waals surface area contributed by atoms with E-state index in [1.54, 1.807) is 38.5 Å². The van der Waals surface area contributed by atoms with Crippen LogP contribution in [0.1, 0.15) is 5.56 Å². The monoisotopic (exact) mass is 588 g/mol. The van der Waals surface area contributed by atoms with E-state index in [0.717, 1.165) is 5.56 Å². The molecule has 4 rings (SSSR count). The Bertz CT molecular complexity index is 1500. The molecule has 1 aromatic heterocycles. The van der Waals surface area contributed by atoms with E-state index in [0.29, 0.717) is 52.0 Å². The molecule has 0 saturated heterocycles. The van der Waals surface area contributed by atoms with Crippen molar-refractivity contribution in [2.24, 2.45) is 0 Å². The van der Waals surface area contributed by atoms with E-state index < -0.39 is 5.82 Å². The normalized spacial score (nSPS) is 10.7. The van der Waals surface area contributed by atoms with Gasteiger partial charge in [0.15, 0.2) is 11.5 Å². The van der Waals surface area contributed by atoms with Crippen LogP contribution in [-0.2, 0) is 11.2 Å². The summed E-state index contributed by atoms with van der Waals surface area (Å²) in [6, 6.07) is 16.9. The van der Waals surface area contributed by atoms with Crippen molar-refractivity contribution < 1.29 is 18.7 Å². The lowest BCUT2D eigenvalue weighted by Gasteiger charge is -2.13. The Morgan fingerprint density at radius 2 is 1.56 bits per heavy atom. The van der Waals surface area contributed by atoms with Crippen LogP contribution in [0.4, 0.5) is 10.3 Å². The number of carbonyl (C=O) groups is 1. The lowest BCUT2D eigenvalue weighted by atomic mass is 10.1. The first-order chi connectivity index (χ1) is 18.8. The highest BCUT2D eigenvalue weighted by molar-refractivity contribution is 6.36. The molecule has 3 aromatic carbocycles. The van der Waals surface area contributed by atoms with Crippen LogP contribution in [0.3, 0.4) is 0 Å². The van der Waals surface area contributed by atoms with Gasteiger partial charge >= 0.3 is 0 Å². The molecule has 7 nitrogen and oxygen atoms in total. The topological polar surface area (TPSA) is 85.4 Å². The van der Waals surface area contributed by atoms with Gasteiger partial charge in [-0.3, -0.25) is 4.79 Å². The summed E-state index contributed by atoms with van der Waals surface area (Å²) in [5.41, 5.74) is 2.73. The first-order valence-corrected chi connectivity index (χ1v) is 12.9. The van der Waals surface area contributed by atoms with Crippen molar-refractivity contribution in [1.82, 2.24) is 15.3 Å². The minimum atomic E-state index is -0.641. The molecule has 1 amide bonds. The predicted molar refractivity (Wildman–Crippen MR) is 153 cm³/mol. The van der Waals surface area contributed by atoms with Crippen molar-refractivity contribution in [2.45, 2.75) is 6.42 Å². The Morgan fingerprint density at radius 1 is 0.846 bits per heavy atom. The van der Waals surface area contributed by atoms with E-state index in [-0.39, 0.29) is 28.4 Å². The molecular formula is C28H24Cl3FN4O3. The highest BCUT2D eigenvalue weighted by Crippen LogP contribution is 2.35. The molecule has 0 saturated carbocycles. The van der Waals surface area contributed by atoms with E-state index in [2.05, 4.69) is 20.6 Å². The molecular weight excluding hydrogens is 566 g/mol. The van der Waals surface area contributed by atoms with Gasteiger partial charge in [0, 0.05) is 22.7 Å². The molecule has 0 atom stereocenters. The second kappa shape index (κ2) is 13.0. The van der Waals surface area contributed by atoms with Crippen molar-refractivity contribution >= 4 is 46.7 Å². The molecule has 0 aliphatic heterocycles. The summed E-state index contributed by atoms with van der Waals surface area (Å²) in [6.07, 6.45) is 0.593. The third-order valence-corrected chi connectivity index (χ3v) is 6.68. The van der Waals surface area contributed by atoms with Crippen molar-refractivity contribution in [3.05, 3.63) is 87.1 Å². The SMILES string of the molecule is COc1ccc(CCNC(=O)CNc2nc(-c3ccccc3Cl)cc(-c3cc(F)c(Cl)cc3Cl)n2)cc1OC. The van der Waals surface area contributed by atoms with Crippen LogP contribution in [0.5, 0.6) is 11.5 Å². The van der Waals surface area contributed by atoms with Gasteiger partial charge in [-0.1, -0.05) is 59.1 Å². The van der Waals surface area contributed by atoms with Crippen molar-refractivity contribution in [3.63, 3.8) is 0 Å². The standard InChI is InChI=1S/C28H24Cl3FN4O3/c1-38-25-8-7-16(11-26(25)39-2)9-10-33-27(37)15-34-28-35-23(17-5-3-4-6-19(17)29)14-24(36-28)18-12-22(32)21(31)13-20(18)30/h3-8,11-14H,9-10,15H2,1-2H3,(H,33,37)(H,34,35,36). The highest BCUT2D eigenvalue weighted by Gasteiger charge is 2.16. The summed E-state index contributed by atoms with van der Waals surface area (Å²) in [5, 5.41) is 6.37. The summed E-state index contributed by atoms with van der Waals surface area (Å²) in [4.78, 5) is 21.5. The number of benzene rings is 3. The number of methoxy groups -OCH3 is 2. The summed E-state index contributed by atoms with van der Waals surface area (Å²) in [6.45, 7) is 0.307. The Hall–Kier alpha value is -3.59. The van der Waals surface area contributed by atoms with E-state index >= 15 is 0 Å². The molecule has 11 heteroatoms. The zero-order chi connectivity index (χ0) is 27.9. The van der Waals surface area contributed by atoms with Gasteiger partial charge in [-0.15, -0.1) is 0 Å². The Labute approximate surface area is 240 Å². The predicted octanol–water partition coefficient (Wildman–Crippen LogP) is 6.70. The summed E-state index contributed by atoms with van der Waals surface area (Å²) in [5.74, 6) is 0.492. The van der Waals surface area contributed by atoms with Crippen molar-refractivity contribution in [1.29, 1.82) is 0 Å². The first kappa shape index (κ1) is 28.4. The molecule has 0 fully saturated rings. The van der Waals surface area contributed by atoms with Crippen LogP contribution in [-0.4, -0.2) is 43.2 Å². The van der Waals surface area contributed by atoms with Crippen LogP contribution in [0.25, 0.3) is 22.5 Å². The average Bonchev–Trinajstić information content (AvgIpc) is 2.93. The van der Waals surface area contributed by atoms with Gasteiger partial charge in [-0.2, -0.15) is 0 Å². The molecule has 39 heavy (non-hydrogen) atoms. The molecule has 2 N–H and O–H groups in total. The van der Waals surface area contributed by atoms with E-state index in [1.165, 1.54) is 12.1 Å². The smallest absolute Gasteiger partial charge is 0.239 e. The van der Waals surface area contributed by atoms with Crippen LogP contribution in [0.2, 0.25) is 15.1 Å². The van der Waals surface area contributed by atoms with Gasteiger partial charge in [-0.25, -0.2) is 14.4 Å². The number of hydrogen-bond acceptors (Lipinski definition) is 6. The number of rotatable bonds is 10. The van der Waals surface area contributed by atoms with Gasteiger partial charge in [0.25, 0.3) is 0 Å². The lowest BCUT2D eigenvalue weighted by molar-refractivity contribution is -0.119. The molecule has 1 heterocycles. The fraction of sp³-hybridized carbons (Fsp3) is 0.179. The second-order valence-electron chi connectivity index (χ2n) is 8.33. The summed E-state index contributed by atoms with van der Waals surface area (Å²) in [7, 11) is 3.14. The number of nitrogens with one attached hydrogen (secondary N) is 2. The van der Waals surface area contributed by atoms with Crippen LogP contribution in [0, 0.1) is 5.82 Å². The number of aromatic nitrogens is 2. The maximum Gasteiger partial charge on any atom is 0.239 e. The maximum atomic E-state index is 14.3. The Kier molecular flexibility index (Phi) is 9.45. The van der Waals surface area contributed by atoms with E-state index in [1.807, 2.05) is 24.3 Å². The fourth-order valence-electron chi connectivity index (χ4n) is 3.79. The number of anilines is 1. The third kappa shape index (κ3) is 7.09. The van der Waals surface area contributed by atoms with Crippen molar-refractivity contribution in [3.8, 4) is 34.0 Å². The maximum absolute atomic E-state index is 14.3. The first-order valence-electron chi connectivity index (χ1n) is 11.8.